The highest BCUT2D eigenvalue weighted by atomic mass is 32.2. The van der Waals surface area contributed by atoms with Crippen molar-refractivity contribution in [3.8, 4) is 0 Å². The van der Waals surface area contributed by atoms with Crippen molar-refractivity contribution in [3.05, 3.63) is 30.3 Å². The normalized spacial score (nSPS) is 12.7. The summed E-state index contributed by atoms with van der Waals surface area (Å²) < 4.78 is 23.7. The minimum absolute atomic E-state index is 0.147. The molecule has 0 radical (unpaired) electrons. The molecule has 7 heteroatoms. The molecule has 1 amide bonds. The van der Waals surface area contributed by atoms with Crippen LogP contribution < -0.4 is 5.32 Å². The lowest BCUT2D eigenvalue weighted by atomic mass is 10.3. The first kappa shape index (κ1) is 15.2. The third-order valence-electron chi connectivity index (χ3n) is 2.45. The molecule has 0 aliphatic rings. The molecule has 2 N–H and O–H groups in total. The van der Waals surface area contributed by atoms with E-state index in [1.54, 1.807) is 18.2 Å². The van der Waals surface area contributed by atoms with Crippen LogP contribution in [0.15, 0.2) is 35.2 Å². The van der Waals surface area contributed by atoms with Gasteiger partial charge in [-0.1, -0.05) is 18.2 Å². The summed E-state index contributed by atoms with van der Waals surface area (Å²) in [6.45, 7) is 1.31. The molecule has 0 heterocycles. The smallest absolute Gasteiger partial charge is 0.325 e. The first-order valence-electron chi connectivity index (χ1n) is 5.63. The molecule has 0 aromatic heterocycles. The number of carbonyl (C=O) groups is 2. The molecule has 1 aromatic rings. The number of hydrogen-bond acceptors (Lipinski definition) is 4. The standard InChI is InChI=1S/C12H15NO5S/c1-9(12(15)16)13-11(14)7-8-19(17,18)10-5-3-2-4-6-10/h2-6,9H,7-8H2,1H3,(H,13,14)(H,15,16)/t9-/m1/s1. The Hall–Kier alpha value is -1.89. The van der Waals surface area contributed by atoms with Gasteiger partial charge in [-0.3, -0.25) is 9.59 Å². The fourth-order valence-corrected chi connectivity index (χ4v) is 2.61. The summed E-state index contributed by atoms with van der Waals surface area (Å²) in [5.74, 6) is -2.12. The van der Waals surface area contributed by atoms with Crippen LogP contribution in [0, 0.1) is 0 Å². The average Bonchev–Trinajstić information content (AvgIpc) is 2.37. The van der Waals surface area contributed by atoms with E-state index in [-0.39, 0.29) is 17.1 Å². The molecule has 1 rings (SSSR count). The van der Waals surface area contributed by atoms with Gasteiger partial charge in [-0.05, 0) is 19.1 Å². The molecule has 1 atom stereocenters. The second-order valence-electron chi connectivity index (χ2n) is 4.01. The van der Waals surface area contributed by atoms with Crippen molar-refractivity contribution in [3.63, 3.8) is 0 Å². The zero-order valence-electron chi connectivity index (χ0n) is 10.4. The summed E-state index contributed by atoms with van der Waals surface area (Å²) >= 11 is 0. The van der Waals surface area contributed by atoms with Gasteiger partial charge in [0.15, 0.2) is 9.84 Å². The number of carboxylic acids is 1. The van der Waals surface area contributed by atoms with Gasteiger partial charge in [0.2, 0.25) is 5.91 Å². The maximum atomic E-state index is 11.9. The Kier molecular flexibility index (Phi) is 5.05. The number of sulfone groups is 1. The predicted molar refractivity (Wildman–Crippen MR) is 68.4 cm³/mol. The molecule has 0 fully saturated rings. The zero-order valence-corrected chi connectivity index (χ0v) is 11.2. The highest BCUT2D eigenvalue weighted by Gasteiger charge is 2.18. The number of benzene rings is 1. The van der Waals surface area contributed by atoms with Gasteiger partial charge >= 0.3 is 5.97 Å². The van der Waals surface area contributed by atoms with E-state index >= 15 is 0 Å². The monoisotopic (exact) mass is 285 g/mol. The van der Waals surface area contributed by atoms with Gasteiger partial charge in [-0.25, -0.2) is 8.42 Å². The van der Waals surface area contributed by atoms with Crippen LogP contribution in [0.2, 0.25) is 0 Å². The van der Waals surface area contributed by atoms with Crippen LogP contribution in [0.5, 0.6) is 0 Å². The lowest BCUT2D eigenvalue weighted by molar-refractivity contribution is -0.141. The van der Waals surface area contributed by atoms with Crippen LogP contribution in [-0.4, -0.2) is 37.2 Å². The second-order valence-corrected chi connectivity index (χ2v) is 6.12. The van der Waals surface area contributed by atoms with Gasteiger partial charge in [0, 0.05) is 6.42 Å². The molecular weight excluding hydrogens is 270 g/mol. The van der Waals surface area contributed by atoms with Gasteiger partial charge in [-0.2, -0.15) is 0 Å². The molecular formula is C12H15NO5S. The van der Waals surface area contributed by atoms with Crippen LogP contribution in [0.1, 0.15) is 13.3 Å². The molecule has 19 heavy (non-hydrogen) atoms. The Bertz CT molecular complexity index is 553. The van der Waals surface area contributed by atoms with Crippen LogP contribution in [0.25, 0.3) is 0 Å². The first-order chi connectivity index (χ1) is 8.83. The first-order valence-corrected chi connectivity index (χ1v) is 7.28. The predicted octanol–water partition coefficient (Wildman–Crippen LogP) is 0.440. The number of nitrogens with one attached hydrogen (secondary N) is 1. The largest absolute Gasteiger partial charge is 0.480 e. The molecule has 0 spiro atoms. The Balaban J connectivity index is 2.57. The topological polar surface area (TPSA) is 101 Å². The highest BCUT2D eigenvalue weighted by Crippen LogP contribution is 2.10. The average molecular weight is 285 g/mol. The molecule has 0 unspecified atom stereocenters. The number of aliphatic carboxylic acids is 1. The lowest BCUT2D eigenvalue weighted by Crippen LogP contribution is -2.38. The number of carboxylic acid groups (broad SMARTS) is 1. The van der Waals surface area contributed by atoms with Crippen molar-refractivity contribution < 1.29 is 23.1 Å². The van der Waals surface area contributed by atoms with E-state index < -0.39 is 27.8 Å². The van der Waals surface area contributed by atoms with Crippen molar-refractivity contribution in [2.45, 2.75) is 24.3 Å². The van der Waals surface area contributed by atoms with Crippen LogP contribution in [-0.2, 0) is 19.4 Å². The van der Waals surface area contributed by atoms with Crippen molar-refractivity contribution in [2.24, 2.45) is 0 Å². The Morgan fingerprint density at radius 2 is 1.84 bits per heavy atom. The van der Waals surface area contributed by atoms with Crippen LogP contribution in [0.4, 0.5) is 0 Å². The zero-order chi connectivity index (χ0) is 14.5. The molecule has 0 saturated heterocycles. The van der Waals surface area contributed by atoms with Gasteiger partial charge in [0.1, 0.15) is 6.04 Å². The van der Waals surface area contributed by atoms with E-state index in [0.29, 0.717) is 0 Å². The van der Waals surface area contributed by atoms with Crippen LogP contribution >= 0.6 is 0 Å². The van der Waals surface area contributed by atoms with Crippen molar-refractivity contribution in [1.82, 2.24) is 5.32 Å². The summed E-state index contributed by atoms with van der Waals surface area (Å²) in [6, 6.07) is 6.76. The summed E-state index contributed by atoms with van der Waals surface area (Å²) in [5.41, 5.74) is 0. The third kappa shape index (κ3) is 4.70. The van der Waals surface area contributed by atoms with Gasteiger partial charge in [-0.15, -0.1) is 0 Å². The molecule has 0 aliphatic carbocycles. The van der Waals surface area contributed by atoms with Gasteiger partial charge in [0.05, 0.1) is 10.6 Å². The Labute approximate surface area is 111 Å². The van der Waals surface area contributed by atoms with Crippen LogP contribution in [0.3, 0.4) is 0 Å². The summed E-state index contributed by atoms with van der Waals surface area (Å²) in [7, 11) is -3.52. The molecule has 104 valence electrons. The van der Waals surface area contributed by atoms with E-state index in [0.717, 1.165) is 0 Å². The summed E-state index contributed by atoms with van der Waals surface area (Å²) in [6.07, 6.45) is -0.269. The number of carbonyl (C=O) groups excluding carboxylic acids is 1. The molecule has 0 aliphatic heterocycles. The SMILES string of the molecule is C[C@@H](NC(=O)CCS(=O)(=O)c1ccccc1)C(=O)O. The Morgan fingerprint density at radius 3 is 2.37 bits per heavy atom. The Morgan fingerprint density at radius 1 is 1.26 bits per heavy atom. The number of rotatable bonds is 6. The summed E-state index contributed by atoms with van der Waals surface area (Å²) in [4.78, 5) is 22.1. The van der Waals surface area contributed by atoms with E-state index in [1.165, 1.54) is 19.1 Å². The highest BCUT2D eigenvalue weighted by molar-refractivity contribution is 7.91. The van der Waals surface area contributed by atoms with Crippen molar-refractivity contribution in [1.29, 1.82) is 0 Å². The molecule has 1 aromatic carbocycles. The van der Waals surface area contributed by atoms with Crippen molar-refractivity contribution in [2.75, 3.05) is 5.75 Å². The molecule has 6 nitrogen and oxygen atoms in total. The minimum atomic E-state index is -3.52. The summed E-state index contributed by atoms with van der Waals surface area (Å²) in [5, 5.41) is 10.8. The van der Waals surface area contributed by atoms with Gasteiger partial charge < -0.3 is 10.4 Å². The molecule has 0 saturated carbocycles. The maximum Gasteiger partial charge on any atom is 0.325 e. The quantitative estimate of drug-likeness (QED) is 0.790. The van der Waals surface area contributed by atoms with E-state index in [9.17, 15) is 18.0 Å². The van der Waals surface area contributed by atoms with Gasteiger partial charge in [0.25, 0.3) is 0 Å². The lowest BCUT2D eigenvalue weighted by Gasteiger charge is -2.09. The number of hydrogen-bond donors (Lipinski definition) is 2. The minimum Gasteiger partial charge on any atom is -0.480 e. The van der Waals surface area contributed by atoms with Crippen molar-refractivity contribution >= 4 is 21.7 Å². The van der Waals surface area contributed by atoms with E-state index in [1.807, 2.05) is 0 Å². The second kappa shape index (κ2) is 6.33. The number of amides is 1. The third-order valence-corrected chi connectivity index (χ3v) is 4.18. The van der Waals surface area contributed by atoms with E-state index in [4.69, 9.17) is 5.11 Å². The van der Waals surface area contributed by atoms with E-state index in [2.05, 4.69) is 5.32 Å². The maximum absolute atomic E-state index is 11.9. The molecule has 0 bridgehead atoms. The fourth-order valence-electron chi connectivity index (χ4n) is 1.35. The fraction of sp³-hybridized carbons (Fsp3) is 0.333.